The van der Waals surface area contributed by atoms with Crippen LogP contribution < -0.4 is 0 Å². The van der Waals surface area contributed by atoms with Crippen molar-refractivity contribution in [1.29, 1.82) is 0 Å². The summed E-state index contributed by atoms with van der Waals surface area (Å²) in [5, 5.41) is 3.49. The molecule has 0 aromatic heterocycles. The lowest BCUT2D eigenvalue weighted by atomic mass is 9.95. The monoisotopic (exact) mass is 395 g/mol. The SMILES string of the molecule is C[C@]1(N=[N+]=[N-])C(=O)OC(COC(=O)c2ccccc2)C1OC(=O)c1ccccc1. The molecule has 1 heterocycles. The standard InChI is InChI=1S/C20H17N3O6/c1-20(22-23-21)16(29-18(25)14-10-6-3-7-11-14)15(28-19(20)26)12-27-17(24)13-8-4-2-5-9-13/h2-11,15-16H,12H2,1H3/t15?,16?,20-/m1/s1. The molecule has 29 heavy (non-hydrogen) atoms. The molecule has 148 valence electrons. The van der Waals surface area contributed by atoms with Gasteiger partial charge in [0, 0.05) is 4.91 Å². The van der Waals surface area contributed by atoms with Gasteiger partial charge in [0.2, 0.25) is 0 Å². The van der Waals surface area contributed by atoms with Crippen LogP contribution in [-0.2, 0) is 19.0 Å². The first kappa shape index (κ1) is 19.9. The van der Waals surface area contributed by atoms with E-state index in [9.17, 15) is 14.4 Å². The minimum Gasteiger partial charge on any atom is -0.458 e. The Bertz CT molecular complexity index is 959. The predicted molar refractivity (Wildman–Crippen MR) is 99.8 cm³/mol. The van der Waals surface area contributed by atoms with E-state index in [1.807, 2.05) is 0 Å². The van der Waals surface area contributed by atoms with E-state index in [0.29, 0.717) is 5.56 Å². The Hall–Kier alpha value is -3.84. The quantitative estimate of drug-likeness (QED) is 0.243. The maximum absolute atomic E-state index is 12.5. The van der Waals surface area contributed by atoms with Crippen molar-refractivity contribution in [3.8, 4) is 0 Å². The van der Waals surface area contributed by atoms with E-state index in [-0.39, 0.29) is 12.2 Å². The summed E-state index contributed by atoms with van der Waals surface area (Å²) >= 11 is 0. The number of carbonyl (C=O) groups is 3. The Labute approximate surface area is 165 Å². The highest BCUT2D eigenvalue weighted by atomic mass is 16.6. The van der Waals surface area contributed by atoms with E-state index in [2.05, 4.69) is 10.0 Å². The van der Waals surface area contributed by atoms with Crippen molar-refractivity contribution < 1.29 is 28.6 Å². The van der Waals surface area contributed by atoms with Crippen molar-refractivity contribution in [2.24, 2.45) is 5.11 Å². The lowest BCUT2D eigenvalue weighted by Gasteiger charge is -2.24. The molecule has 2 aromatic rings. The van der Waals surface area contributed by atoms with Crippen LogP contribution in [0.3, 0.4) is 0 Å². The second-order valence-corrected chi connectivity index (χ2v) is 6.44. The largest absolute Gasteiger partial charge is 0.458 e. The highest BCUT2D eigenvalue weighted by Gasteiger charge is 2.57. The fourth-order valence-electron chi connectivity index (χ4n) is 2.87. The van der Waals surface area contributed by atoms with E-state index < -0.39 is 35.7 Å². The van der Waals surface area contributed by atoms with Gasteiger partial charge in [-0.05, 0) is 36.7 Å². The number of carbonyl (C=O) groups excluding carboxylic acids is 3. The fraction of sp³-hybridized carbons (Fsp3) is 0.250. The second kappa shape index (κ2) is 8.45. The summed E-state index contributed by atoms with van der Waals surface area (Å²) in [7, 11) is 0. The van der Waals surface area contributed by atoms with Gasteiger partial charge in [0.1, 0.15) is 6.61 Å². The normalized spacial score (nSPS) is 22.9. The van der Waals surface area contributed by atoms with Gasteiger partial charge in [-0.1, -0.05) is 41.5 Å². The third kappa shape index (κ3) is 4.20. The molecule has 0 radical (unpaired) electrons. The molecule has 2 aromatic carbocycles. The van der Waals surface area contributed by atoms with Crippen molar-refractivity contribution in [2.75, 3.05) is 6.61 Å². The molecule has 9 heteroatoms. The zero-order chi connectivity index (χ0) is 20.9. The molecular weight excluding hydrogens is 378 g/mol. The molecule has 1 fully saturated rings. The molecule has 1 aliphatic rings. The number of hydrogen-bond donors (Lipinski definition) is 0. The molecule has 0 saturated carbocycles. The number of cyclic esters (lactones) is 1. The third-order valence-electron chi connectivity index (χ3n) is 4.45. The number of azide groups is 1. The molecular formula is C20H17N3O6. The van der Waals surface area contributed by atoms with E-state index >= 15 is 0 Å². The first-order valence-corrected chi connectivity index (χ1v) is 8.71. The Morgan fingerprint density at radius 2 is 1.62 bits per heavy atom. The summed E-state index contributed by atoms with van der Waals surface area (Å²) in [5.41, 5.74) is 7.63. The van der Waals surface area contributed by atoms with E-state index in [0.717, 1.165) is 0 Å². The molecule has 9 nitrogen and oxygen atoms in total. The summed E-state index contributed by atoms with van der Waals surface area (Å²) in [6, 6.07) is 16.3. The molecule has 1 aliphatic heterocycles. The van der Waals surface area contributed by atoms with Crippen molar-refractivity contribution in [1.82, 2.24) is 0 Å². The van der Waals surface area contributed by atoms with Gasteiger partial charge >= 0.3 is 17.9 Å². The fourth-order valence-corrected chi connectivity index (χ4v) is 2.87. The molecule has 3 atom stereocenters. The van der Waals surface area contributed by atoms with Gasteiger partial charge in [-0.2, -0.15) is 0 Å². The Morgan fingerprint density at radius 3 is 2.17 bits per heavy atom. The molecule has 0 bridgehead atoms. The van der Waals surface area contributed by atoms with Gasteiger partial charge in [0.25, 0.3) is 0 Å². The number of nitrogens with zero attached hydrogens (tertiary/aromatic N) is 3. The second-order valence-electron chi connectivity index (χ2n) is 6.44. The van der Waals surface area contributed by atoms with Gasteiger partial charge in [-0.25, -0.2) is 9.59 Å². The van der Waals surface area contributed by atoms with E-state index in [1.165, 1.54) is 19.1 Å². The zero-order valence-corrected chi connectivity index (χ0v) is 15.4. The van der Waals surface area contributed by atoms with Gasteiger partial charge in [-0.3, -0.25) is 4.79 Å². The molecule has 0 spiro atoms. The van der Waals surface area contributed by atoms with E-state index in [1.54, 1.807) is 48.5 Å². The van der Waals surface area contributed by atoms with Crippen LogP contribution in [-0.4, -0.2) is 42.3 Å². The van der Waals surface area contributed by atoms with E-state index in [4.69, 9.17) is 19.7 Å². The van der Waals surface area contributed by atoms with Gasteiger partial charge in [0.05, 0.1) is 11.1 Å². The van der Waals surface area contributed by atoms with Crippen LogP contribution in [0.15, 0.2) is 65.8 Å². The lowest BCUT2D eigenvalue weighted by Crippen LogP contribution is -2.45. The average Bonchev–Trinajstić information content (AvgIpc) is 2.97. The molecule has 1 saturated heterocycles. The number of rotatable bonds is 6. The Balaban J connectivity index is 1.79. The van der Waals surface area contributed by atoms with Crippen molar-refractivity contribution in [3.05, 3.63) is 82.2 Å². The van der Waals surface area contributed by atoms with Gasteiger partial charge in [0.15, 0.2) is 17.7 Å². The molecule has 2 unspecified atom stereocenters. The first-order chi connectivity index (χ1) is 14.0. The van der Waals surface area contributed by atoms with Crippen LogP contribution in [0.4, 0.5) is 0 Å². The molecule has 3 rings (SSSR count). The number of ether oxygens (including phenoxy) is 3. The lowest BCUT2D eigenvalue weighted by molar-refractivity contribution is -0.146. The zero-order valence-electron chi connectivity index (χ0n) is 15.4. The number of hydrogen-bond acceptors (Lipinski definition) is 7. The van der Waals surface area contributed by atoms with Gasteiger partial charge < -0.3 is 14.2 Å². The third-order valence-corrected chi connectivity index (χ3v) is 4.45. The van der Waals surface area contributed by atoms with Crippen LogP contribution in [0.25, 0.3) is 10.4 Å². The van der Waals surface area contributed by atoms with Crippen LogP contribution in [0.2, 0.25) is 0 Å². The number of esters is 3. The van der Waals surface area contributed by atoms with Crippen molar-refractivity contribution >= 4 is 17.9 Å². The predicted octanol–water partition coefficient (Wildman–Crippen LogP) is 3.06. The number of benzene rings is 2. The molecule has 0 amide bonds. The molecule has 0 aliphatic carbocycles. The Morgan fingerprint density at radius 1 is 1.07 bits per heavy atom. The molecule has 0 N–H and O–H groups in total. The smallest absolute Gasteiger partial charge is 0.338 e. The van der Waals surface area contributed by atoms with Crippen LogP contribution in [0.5, 0.6) is 0 Å². The summed E-state index contributed by atoms with van der Waals surface area (Å²) in [4.78, 5) is 39.6. The first-order valence-electron chi connectivity index (χ1n) is 8.71. The Kier molecular flexibility index (Phi) is 5.80. The average molecular weight is 395 g/mol. The topological polar surface area (TPSA) is 128 Å². The summed E-state index contributed by atoms with van der Waals surface area (Å²) in [6.45, 7) is 0.930. The van der Waals surface area contributed by atoms with Crippen LogP contribution in [0.1, 0.15) is 27.6 Å². The minimum atomic E-state index is -1.79. The summed E-state index contributed by atoms with van der Waals surface area (Å²) in [5.74, 6) is -2.23. The van der Waals surface area contributed by atoms with Crippen molar-refractivity contribution in [2.45, 2.75) is 24.7 Å². The summed E-state index contributed by atoms with van der Waals surface area (Å²) < 4.78 is 15.9. The highest BCUT2D eigenvalue weighted by Crippen LogP contribution is 2.33. The van der Waals surface area contributed by atoms with Crippen LogP contribution >= 0.6 is 0 Å². The highest BCUT2D eigenvalue weighted by molar-refractivity contribution is 5.91. The van der Waals surface area contributed by atoms with Crippen molar-refractivity contribution in [3.63, 3.8) is 0 Å². The minimum absolute atomic E-state index is 0.246. The van der Waals surface area contributed by atoms with Gasteiger partial charge in [-0.15, -0.1) is 0 Å². The summed E-state index contributed by atoms with van der Waals surface area (Å²) in [6.07, 6.45) is -2.40. The maximum Gasteiger partial charge on any atom is 0.338 e. The maximum atomic E-state index is 12.5. The van der Waals surface area contributed by atoms with Crippen LogP contribution in [0, 0.1) is 0 Å².